The number of phosphoric acid groups is 4. The fraction of sp³-hybridized carbons (Fsp3) is 0.951. The Morgan fingerprint density at radius 2 is 0.675 bits per heavy atom. The summed E-state index contributed by atoms with van der Waals surface area (Å²) in [7, 11) is -20.2. The lowest BCUT2D eigenvalue weighted by atomic mass is 9.79. The van der Waals surface area contributed by atoms with Gasteiger partial charge in [0.15, 0.2) is 18.9 Å². The van der Waals surface area contributed by atoms with E-state index in [1.807, 2.05) is 13.8 Å². The SMILES string of the molecule is C.C.C.CC(=O)NC1[C@H](OCCCCCCOP(=O)([O-])OCCCOCC(COCCCOP(=O)(O)OCCCCCCO[C@@H]2OC(COC(C)=O)[C@H](C)[C@H](C)C2C)(COCCCOP(=O)(O)OCCCCCCO[C@@H]2OC(COC(C)=O)[C@H](C)[C@H](C)C2C)COP(=O)([O-])OCCCOCC(CO)COCCCOP(C)(=O)O)OC(COC(C)=O)[C@H](C)[C@@H]1C.[2H]C.[3H]C. The van der Waals surface area contributed by atoms with Gasteiger partial charge < -0.3 is 124 Å². The lowest BCUT2D eigenvalue weighted by Crippen LogP contribution is -2.58. The third kappa shape index (κ3) is 58.3. The van der Waals surface area contributed by atoms with Crippen LogP contribution in [0.5, 0.6) is 0 Å². The van der Waals surface area contributed by atoms with Gasteiger partial charge in [-0.15, -0.1) is 0 Å². The average Bonchev–Trinajstić information content (AvgIpc) is 0.812. The third-order valence-corrected chi connectivity index (χ3v) is 25.9. The zero-order chi connectivity index (χ0) is 93.9. The van der Waals surface area contributed by atoms with Crippen molar-refractivity contribution in [2.45, 2.75) is 273 Å². The first-order chi connectivity index (χ1) is 59.2. The van der Waals surface area contributed by atoms with Crippen LogP contribution in [-0.4, -0.2) is 265 Å². The summed E-state index contributed by atoms with van der Waals surface area (Å²) < 4.78 is 204. The molecule has 126 heavy (non-hydrogen) atoms. The first kappa shape index (κ1) is 124. The number of nitrogens with one attached hydrogen (secondary N) is 1. The molecule has 5 N–H and O–H groups in total. The second-order valence-electron chi connectivity index (χ2n) is 31.7. The minimum Gasteiger partial charge on any atom is -0.756 e. The van der Waals surface area contributed by atoms with E-state index in [4.69, 9.17) is 110 Å². The number of hydrogen-bond acceptors (Lipinski definition) is 35. The van der Waals surface area contributed by atoms with Crippen LogP contribution in [0.15, 0.2) is 0 Å². The van der Waals surface area contributed by atoms with Gasteiger partial charge in [0, 0.05) is 108 Å². The number of hydrogen-bond donors (Lipinski definition) is 5. The van der Waals surface area contributed by atoms with E-state index in [0.29, 0.717) is 83.8 Å². The zero-order valence-corrected chi connectivity index (χ0v) is 80.0. The molecule has 21 atom stereocenters. The van der Waals surface area contributed by atoms with Crippen LogP contribution in [0.2, 0.25) is 0 Å². The number of amides is 1. The van der Waals surface area contributed by atoms with E-state index in [1.165, 1.54) is 42.5 Å². The molecule has 1 amide bonds. The average molecular weight is 1930 g/mol. The molecule has 44 heteroatoms. The van der Waals surface area contributed by atoms with Crippen LogP contribution in [0, 0.1) is 58.7 Å². The van der Waals surface area contributed by atoms with Gasteiger partial charge in [0.2, 0.25) is 5.91 Å². The number of carbonyl (C=O) groups is 4. The Balaban J connectivity index is -0.0000220. The predicted molar refractivity (Wildman–Crippen MR) is 468 cm³/mol. The molecule has 0 aliphatic carbocycles. The normalized spacial score (nSPS) is 25.7. The maximum Gasteiger partial charge on any atom is 0.472 e. The van der Waals surface area contributed by atoms with Gasteiger partial charge >= 0.3 is 41.1 Å². The first-order valence-corrected chi connectivity index (χ1v) is 50.5. The number of carbonyl (C=O) groups excluding carboxylic acids is 4. The van der Waals surface area contributed by atoms with Crippen molar-refractivity contribution < 1.29 is 181 Å². The van der Waals surface area contributed by atoms with Crippen molar-refractivity contribution in [1.82, 2.24) is 5.32 Å². The number of phosphoric ester groups is 4. The maximum absolute atomic E-state index is 13.5. The first-order valence-electron chi connectivity index (χ1n) is 44.6. The number of aliphatic hydroxyl groups is 1. The Hall–Kier alpha value is -2.01. The summed E-state index contributed by atoms with van der Waals surface area (Å²) in [4.78, 5) is 103. The molecule has 0 spiro atoms. The molecule has 754 valence electrons. The Kier molecular flexibility index (Phi) is 69.5. The van der Waals surface area contributed by atoms with Gasteiger partial charge in [-0.1, -0.05) is 131 Å². The Morgan fingerprint density at radius 3 is 1.01 bits per heavy atom. The largest absolute Gasteiger partial charge is 0.756 e. The lowest BCUT2D eigenvalue weighted by molar-refractivity contribution is -0.255. The van der Waals surface area contributed by atoms with Gasteiger partial charge in [-0.25, -0.2) is 9.13 Å². The summed E-state index contributed by atoms with van der Waals surface area (Å²) in [6.45, 7) is 20.3. The van der Waals surface area contributed by atoms with Crippen molar-refractivity contribution in [1.29, 1.82) is 0 Å². The highest BCUT2D eigenvalue weighted by Crippen LogP contribution is 2.46. The maximum atomic E-state index is 13.5. The molecule has 12 unspecified atom stereocenters. The smallest absolute Gasteiger partial charge is 0.472 e. The molecular weight excluding hydrogens is 1760 g/mol. The Morgan fingerprint density at radius 1 is 0.389 bits per heavy atom. The van der Waals surface area contributed by atoms with E-state index in [0.717, 1.165) is 19.5 Å². The highest BCUT2D eigenvalue weighted by Gasteiger charge is 2.45. The highest BCUT2D eigenvalue weighted by atomic mass is 31.2. The minimum absolute atomic E-state index is 0. The quantitative estimate of drug-likeness (QED) is 0.0163. The fourth-order valence-corrected chi connectivity index (χ4v) is 16.8. The summed E-state index contributed by atoms with van der Waals surface area (Å²) in [6.07, 6.45) is 4.77. The van der Waals surface area contributed by atoms with Crippen LogP contribution in [0.25, 0.3) is 0 Å². The van der Waals surface area contributed by atoms with E-state index in [2.05, 4.69) is 46.9 Å². The van der Waals surface area contributed by atoms with Crippen LogP contribution in [0.4, 0.5) is 0 Å². The summed E-state index contributed by atoms with van der Waals surface area (Å²) in [6, 6.07) is -0.450. The molecule has 3 aliphatic rings. The molecule has 0 saturated carbocycles. The van der Waals surface area contributed by atoms with Crippen molar-refractivity contribution >= 4 is 62.7 Å². The zero-order valence-electron chi connectivity index (χ0n) is 77.5. The number of aliphatic hydroxyl groups excluding tert-OH is 1. The van der Waals surface area contributed by atoms with E-state index < -0.39 is 100 Å². The molecule has 0 bridgehead atoms. The van der Waals surface area contributed by atoms with E-state index in [1.54, 1.807) is 0 Å². The van der Waals surface area contributed by atoms with Crippen LogP contribution in [-0.2, 0) is 149 Å². The summed E-state index contributed by atoms with van der Waals surface area (Å²) in [5.41, 5.74) is -1.53. The standard InChI is InChI=1S/C77H148NO38P5.5CH4/c1-57-59(3)70(50-102-66(10)81)114-74(63(57)7)99-36-20-14-17-23-39-106-118(86,87)109-44-28-33-96-53-77(56-113-121(92,93)112-43-27-32-95-49-69(47-79)48-94-31-26-42-105-117(13,84)85,54-97-34-29-45-110-119(88,89)107-40-24-18-15-21-37-100-75-64(8)58(2)60(4)71(115-75)51-103-67(11)82)55-98-35-30-46-111-120(90,91)108-41-25-19-16-22-38-101-76-73(78-65(9)80)62(6)61(5)72(116-76)52-104-68(12)83;;;;;/h57-64,69-76,79H,14-56H2,1-13H3,(H,78,80)(H,84,85)(H,86,87)(H,88,89)(H,90,91)(H,92,93);5*1H4/p-2/t57-,58-,59+,60+,61+,62-,63?,64?,69?,70?,71?,72?,73?,74+,75+,76+,77?;;;;;/m0...../s1/i;1T;1D;;;. The second kappa shape index (κ2) is 70.6. The molecule has 3 aliphatic heterocycles. The number of rotatable bonds is 73. The molecule has 0 aromatic heterocycles. The molecule has 0 aromatic rings. The van der Waals surface area contributed by atoms with Gasteiger partial charge in [-0.3, -0.25) is 51.0 Å². The van der Waals surface area contributed by atoms with Gasteiger partial charge in [0.1, 0.15) is 19.8 Å². The topological polar surface area (TPSA) is 505 Å². The van der Waals surface area contributed by atoms with Crippen molar-refractivity contribution in [2.75, 3.05) is 178 Å². The van der Waals surface area contributed by atoms with Crippen molar-refractivity contribution in [2.24, 2.45) is 58.7 Å². The molecular formula is C82H166NO38P5-2. The lowest BCUT2D eigenvalue weighted by Gasteiger charge is -2.44. The van der Waals surface area contributed by atoms with Crippen LogP contribution in [0.1, 0.15) is 232 Å². The third-order valence-electron chi connectivity index (χ3n) is 21.2. The highest BCUT2D eigenvalue weighted by molar-refractivity contribution is 7.51. The Labute approximate surface area is 755 Å². The summed E-state index contributed by atoms with van der Waals surface area (Å²) in [5, 5.41) is 12.8. The van der Waals surface area contributed by atoms with Gasteiger partial charge in [0.05, 0.1) is 129 Å². The molecule has 3 saturated heterocycles. The number of ether oxygens (including phenoxy) is 14. The minimum atomic E-state index is -5.16. The van der Waals surface area contributed by atoms with Crippen LogP contribution >= 0.6 is 38.9 Å². The number of unbranched alkanes of at least 4 members (excludes halogenated alkanes) is 9. The van der Waals surface area contributed by atoms with Crippen molar-refractivity contribution in [3.8, 4) is 0 Å². The molecule has 3 rings (SSSR count). The summed E-state index contributed by atoms with van der Waals surface area (Å²) >= 11 is 0. The van der Waals surface area contributed by atoms with E-state index in [9.17, 15) is 71.6 Å². The van der Waals surface area contributed by atoms with Gasteiger partial charge in [-0.05, 0) is 106 Å². The van der Waals surface area contributed by atoms with Gasteiger partial charge in [-0.2, -0.15) is 0 Å². The van der Waals surface area contributed by atoms with E-state index >= 15 is 0 Å². The second-order valence-corrected chi connectivity index (χ2v) is 39.3. The molecule has 0 aromatic carbocycles. The molecule has 3 fully saturated rings. The van der Waals surface area contributed by atoms with E-state index in [-0.39, 0.29) is 271 Å². The molecule has 39 nitrogen and oxygen atoms in total. The van der Waals surface area contributed by atoms with Crippen molar-refractivity contribution in [3.63, 3.8) is 0 Å². The number of esters is 3. The predicted octanol–water partition coefficient (Wildman–Crippen LogP) is 13.1. The van der Waals surface area contributed by atoms with Crippen LogP contribution in [0.3, 0.4) is 0 Å². The van der Waals surface area contributed by atoms with Gasteiger partial charge in [0.25, 0.3) is 15.6 Å². The molecule has 3 heterocycles. The fourth-order valence-electron chi connectivity index (χ4n) is 13.1. The monoisotopic (exact) mass is 1930 g/mol. The molecule has 0 radical (unpaired) electrons. The summed E-state index contributed by atoms with van der Waals surface area (Å²) in [5.74, 6) is -0.997. The van der Waals surface area contributed by atoms with Crippen molar-refractivity contribution in [3.05, 3.63) is 0 Å². The Bertz CT molecular complexity index is 2970. The van der Waals surface area contributed by atoms with Crippen LogP contribution < -0.4 is 15.1 Å².